The van der Waals surface area contributed by atoms with Crippen molar-refractivity contribution in [3.63, 3.8) is 0 Å². The Morgan fingerprint density at radius 2 is 2.08 bits per heavy atom. The lowest BCUT2D eigenvalue weighted by Crippen LogP contribution is -2.43. The van der Waals surface area contributed by atoms with Gasteiger partial charge in [-0.05, 0) is 45.2 Å². The zero-order valence-corrected chi connectivity index (χ0v) is 15.3. The van der Waals surface area contributed by atoms with Gasteiger partial charge in [0.05, 0.1) is 0 Å². The van der Waals surface area contributed by atoms with Gasteiger partial charge in [-0.3, -0.25) is 9.59 Å². The summed E-state index contributed by atoms with van der Waals surface area (Å²) < 4.78 is 0. The van der Waals surface area contributed by atoms with Crippen molar-refractivity contribution < 1.29 is 9.59 Å². The van der Waals surface area contributed by atoms with E-state index in [-0.39, 0.29) is 17.2 Å². The van der Waals surface area contributed by atoms with Gasteiger partial charge >= 0.3 is 0 Å². The Morgan fingerprint density at radius 1 is 1.33 bits per heavy atom. The van der Waals surface area contributed by atoms with E-state index >= 15 is 0 Å². The molecule has 2 amide bonds. The Bertz CT molecular complexity index is 605. The van der Waals surface area contributed by atoms with Gasteiger partial charge in [0, 0.05) is 38.0 Å². The van der Waals surface area contributed by atoms with Crippen LogP contribution in [0.4, 0.5) is 0 Å². The van der Waals surface area contributed by atoms with Gasteiger partial charge < -0.3 is 15.1 Å². The number of nitrogens with zero attached hydrogens (tertiary/aromatic N) is 3. The number of nitrogens with one attached hydrogen (secondary N) is 1. The number of carbonyl (C=O) groups excluding carboxylic acids is 2. The summed E-state index contributed by atoms with van der Waals surface area (Å²) in [6, 6.07) is 0. The third-order valence-electron chi connectivity index (χ3n) is 5.19. The summed E-state index contributed by atoms with van der Waals surface area (Å²) in [5.41, 5.74) is 0.805. The molecule has 0 saturated carbocycles. The van der Waals surface area contributed by atoms with Gasteiger partial charge in [-0.1, -0.05) is 0 Å². The maximum Gasteiger partial charge on any atom is 0.273 e. The average Bonchev–Trinajstić information content (AvgIpc) is 2.93. The molecule has 1 N–H and O–H groups in total. The van der Waals surface area contributed by atoms with Crippen LogP contribution in [0, 0.1) is 5.41 Å². The zero-order chi connectivity index (χ0) is 17.2. The normalized spacial score (nSPS) is 21.0. The first-order valence-corrected chi connectivity index (χ1v) is 9.51. The molecule has 7 heteroatoms. The number of thiazole rings is 1. The lowest BCUT2D eigenvalue weighted by atomic mass is 9.73. The first kappa shape index (κ1) is 17.4. The molecule has 3 heterocycles. The molecule has 132 valence electrons. The highest BCUT2D eigenvalue weighted by atomic mass is 32.1. The summed E-state index contributed by atoms with van der Waals surface area (Å²) >= 11 is 1.55. The second-order valence-electron chi connectivity index (χ2n) is 7.26. The molecular weight excluding hydrogens is 324 g/mol. The van der Waals surface area contributed by atoms with Gasteiger partial charge in [0.1, 0.15) is 10.7 Å². The molecule has 3 rings (SSSR count). The monoisotopic (exact) mass is 350 g/mol. The molecule has 1 spiro atoms. The van der Waals surface area contributed by atoms with Crippen molar-refractivity contribution in [3.05, 3.63) is 16.1 Å². The van der Waals surface area contributed by atoms with E-state index in [9.17, 15) is 9.59 Å². The van der Waals surface area contributed by atoms with Crippen molar-refractivity contribution in [2.24, 2.45) is 5.41 Å². The van der Waals surface area contributed by atoms with Crippen LogP contribution >= 0.6 is 11.3 Å². The fourth-order valence-electron chi connectivity index (χ4n) is 3.66. The Labute approximate surface area is 147 Å². The average molecular weight is 350 g/mol. The van der Waals surface area contributed by atoms with Gasteiger partial charge in [0.25, 0.3) is 5.91 Å². The predicted molar refractivity (Wildman–Crippen MR) is 93.9 cm³/mol. The van der Waals surface area contributed by atoms with E-state index < -0.39 is 0 Å². The first-order chi connectivity index (χ1) is 11.5. The summed E-state index contributed by atoms with van der Waals surface area (Å²) in [7, 11) is 4.00. The van der Waals surface area contributed by atoms with Crippen molar-refractivity contribution in [3.8, 4) is 0 Å². The lowest BCUT2D eigenvalue weighted by Gasteiger charge is -2.41. The Morgan fingerprint density at radius 3 is 2.79 bits per heavy atom. The number of piperidine rings is 1. The van der Waals surface area contributed by atoms with Gasteiger partial charge in [0.15, 0.2) is 0 Å². The molecule has 1 aromatic rings. The minimum absolute atomic E-state index is 0.0499. The number of rotatable bonds is 3. The van der Waals surface area contributed by atoms with E-state index in [1.54, 1.807) is 11.3 Å². The topological polar surface area (TPSA) is 65.5 Å². The molecule has 0 atom stereocenters. The molecule has 2 aliphatic heterocycles. The summed E-state index contributed by atoms with van der Waals surface area (Å²) in [5.74, 6) is 0.218. The number of hydrogen-bond donors (Lipinski definition) is 1. The highest BCUT2D eigenvalue weighted by molar-refractivity contribution is 7.09. The molecule has 0 aromatic carbocycles. The molecule has 0 radical (unpaired) electrons. The van der Waals surface area contributed by atoms with Crippen LogP contribution in [0.15, 0.2) is 5.38 Å². The molecule has 2 fully saturated rings. The van der Waals surface area contributed by atoms with E-state index in [1.165, 1.54) is 0 Å². The van der Waals surface area contributed by atoms with Gasteiger partial charge in [-0.15, -0.1) is 11.3 Å². The molecule has 0 bridgehead atoms. The van der Waals surface area contributed by atoms with Crippen LogP contribution in [-0.4, -0.2) is 60.3 Å². The molecule has 24 heavy (non-hydrogen) atoms. The molecule has 1 aromatic heterocycles. The zero-order valence-electron chi connectivity index (χ0n) is 14.5. The summed E-state index contributed by atoms with van der Waals surface area (Å²) in [5, 5.41) is 5.81. The maximum absolute atomic E-state index is 12.7. The minimum atomic E-state index is 0.0499. The fraction of sp³-hybridized carbons (Fsp3) is 0.706. The molecule has 2 saturated heterocycles. The fourth-order valence-corrected chi connectivity index (χ4v) is 4.54. The van der Waals surface area contributed by atoms with Crippen molar-refractivity contribution >= 4 is 23.2 Å². The van der Waals surface area contributed by atoms with Crippen molar-refractivity contribution in [2.45, 2.75) is 38.6 Å². The quantitative estimate of drug-likeness (QED) is 0.902. The summed E-state index contributed by atoms with van der Waals surface area (Å²) in [4.78, 5) is 32.7. The Hall–Kier alpha value is -1.47. The largest absolute Gasteiger partial charge is 0.356 e. The summed E-state index contributed by atoms with van der Waals surface area (Å²) in [6.45, 7) is 3.08. The first-order valence-electron chi connectivity index (χ1n) is 8.63. The van der Waals surface area contributed by atoms with Crippen LogP contribution in [0.5, 0.6) is 0 Å². The number of aromatic nitrogens is 1. The number of carbonyl (C=O) groups is 2. The van der Waals surface area contributed by atoms with Crippen molar-refractivity contribution in [2.75, 3.05) is 33.7 Å². The van der Waals surface area contributed by atoms with Crippen molar-refractivity contribution in [1.29, 1.82) is 0 Å². The smallest absolute Gasteiger partial charge is 0.273 e. The molecule has 0 aliphatic carbocycles. The highest BCUT2D eigenvalue weighted by Crippen LogP contribution is 2.40. The third-order valence-corrected chi connectivity index (χ3v) is 6.03. The number of amides is 2. The van der Waals surface area contributed by atoms with Crippen LogP contribution in [0.2, 0.25) is 0 Å². The predicted octanol–water partition coefficient (Wildman–Crippen LogP) is 1.73. The molecule has 6 nitrogen and oxygen atoms in total. The van der Waals surface area contributed by atoms with Crippen molar-refractivity contribution in [1.82, 2.24) is 20.1 Å². The molecule has 0 unspecified atom stereocenters. The molecule has 2 aliphatic rings. The van der Waals surface area contributed by atoms with Crippen LogP contribution < -0.4 is 5.32 Å². The standard InChI is InChI=1S/C17H26N4O2S/c1-20(2)11-15-19-13(12-24-15)16(23)21-9-6-17(7-10-21)4-3-14(22)18-8-5-17/h12H,3-11H2,1-2H3,(H,18,22). The molecular formula is C17H26N4O2S. The highest BCUT2D eigenvalue weighted by Gasteiger charge is 2.37. The van der Waals surface area contributed by atoms with E-state index in [0.29, 0.717) is 12.1 Å². The van der Waals surface area contributed by atoms with E-state index in [2.05, 4.69) is 15.2 Å². The van der Waals surface area contributed by atoms with Crippen LogP contribution in [-0.2, 0) is 11.3 Å². The second-order valence-corrected chi connectivity index (χ2v) is 8.20. The minimum Gasteiger partial charge on any atom is -0.356 e. The van der Waals surface area contributed by atoms with Crippen LogP contribution in [0.1, 0.15) is 47.6 Å². The summed E-state index contributed by atoms with van der Waals surface area (Å²) in [6.07, 6.45) is 4.58. The van der Waals surface area contributed by atoms with Crippen LogP contribution in [0.3, 0.4) is 0 Å². The van der Waals surface area contributed by atoms with Gasteiger partial charge in [-0.2, -0.15) is 0 Å². The lowest BCUT2D eigenvalue weighted by molar-refractivity contribution is -0.121. The number of likely N-dealkylation sites (tertiary alicyclic amines) is 1. The van der Waals surface area contributed by atoms with E-state index in [0.717, 1.165) is 56.9 Å². The number of hydrogen-bond acceptors (Lipinski definition) is 5. The van der Waals surface area contributed by atoms with Gasteiger partial charge in [-0.25, -0.2) is 4.98 Å². The maximum atomic E-state index is 12.7. The van der Waals surface area contributed by atoms with Crippen LogP contribution in [0.25, 0.3) is 0 Å². The SMILES string of the molecule is CN(C)Cc1nc(C(=O)N2CCC3(CCNC(=O)CC3)CC2)cs1. The van der Waals surface area contributed by atoms with E-state index in [1.807, 2.05) is 24.4 Å². The second kappa shape index (κ2) is 7.19. The Balaban J connectivity index is 1.58. The van der Waals surface area contributed by atoms with Gasteiger partial charge in [0.2, 0.25) is 5.91 Å². The third kappa shape index (κ3) is 3.95. The Kier molecular flexibility index (Phi) is 5.20. The van der Waals surface area contributed by atoms with E-state index in [4.69, 9.17) is 0 Å².